The number of carbonyl (C=O) groups is 1. The number of anilines is 1. The van der Waals surface area contributed by atoms with Crippen LogP contribution in [0.25, 0.3) is 0 Å². The van der Waals surface area contributed by atoms with Gasteiger partial charge in [-0.25, -0.2) is 4.98 Å². The summed E-state index contributed by atoms with van der Waals surface area (Å²) in [5.41, 5.74) is 0. The molecule has 0 unspecified atom stereocenters. The number of nitrogens with zero attached hydrogens (tertiary/aromatic N) is 4. The number of aromatic nitrogens is 2. The number of amides is 1. The fourth-order valence-electron chi connectivity index (χ4n) is 2.83. The van der Waals surface area contributed by atoms with E-state index in [-0.39, 0.29) is 11.8 Å². The molecule has 6 nitrogen and oxygen atoms in total. The average Bonchev–Trinajstić information content (AvgIpc) is 3.04. The van der Waals surface area contributed by atoms with Crippen LogP contribution in [-0.2, 0) is 16.0 Å². The maximum atomic E-state index is 12.4. The van der Waals surface area contributed by atoms with E-state index < -0.39 is 0 Å². The van der Waals surface area contributed by atoms with E-state index in [0.29, 0.717) is 6.61 Å². The second kappa shape index (κ2) is 6.70. The van der Waals surface area contributed by atoms with E-state index in [1.807, 2.05) is 4.90 Å². The lowest BCUT2D eigenvalue weighted by molar-refractivity contribution is -0.140. The van der Waals surface area contributed by atoms with Gasteiger partial charge in [0.25, 0.3) is 0 Å². The van der Waals surface area contributed by atoms with Crippen LogP contribution in [0.1, 0.15) is 25.6 Å². The molecule has 0 bridgehead atoms. The minimum Gasteiger partial charge on any atom is -0.381 e. The zero-order chi connectivity index (χ0) is 14.7. The molecule has 0 spiro atoms. The average molecular weight is 310 g/mol. The molecule has 0 aromatic carbocycles. The van der Waals surface area contributed by atoms with E-state index in [4.69, 9.17) is 4.74 Å². The van der Waals surface area contributed by atoms with Gasteiger partial charge < -0.3 is 14.5 Å². The third kappa shape index (κ3) is 3.35. The lowest BCUT2D eigenvalue weighted by Gasteiger charge is -2.36. The van der Waals surface area contributed by atoms with Crippen LogP contribution < -0.4 is 4.90 Å². The summed E-state index contributed by atoms with van der Waals surface area (Å²) < 4.78 is 9.75. The van der Waals surface area contributed by atoms with Crippen molar-refractivity contribution in [1.29, 1.82) is 0 Å². The monoisotopic (exact) mass is 310 g/mol. The lowest BCUT2D eigenvalue weighted by atomic mass is 10.0. The number of carbonyl (C=O) groups excluding carboxylic acids is 1. The molecule has 3 rings (SSSR count). The molecule has 0 radical (unpaired) electrons. The fourth-order valence-corrected chi connectivity index (χ4v) is 3.63. The van der Waals surface area contributed by atoms with Gasteiger partial charge in [0.15, 0.2) is 0 Å². The van der Waals surface area contributed by atoms with Gasteiger partial charge in [0.1, 0.15) is 5.82 Å². The molecule has 7 heteroatoms. The molecule has 0 N–H and O–H groups in total. The summed E-state index contributed by atoms with van der Waals surface area (Å²) >= 11 is 1.46. The van der Waals surface area contributed by atoms with Crippen molar-refractivity contribution in [1.82, 2.24) is 14.3 Å². The van der Waals surface area contributed by atoms with E-state index >= 15 is 0 Å². The first-order chi connectivity index (χ1) is 10.3. The molecule has 2 saturated heterocycles. The van der Waals surface area contributed by atoms with Crippen LogP contribution in [0.4, 0.5) is 5.13 Å². The summed E-state index contributed by atoms with van der Waals surface area (Å²) in [6, 6.07) is 0. The quantitative estimate of drug-likeness (QED) is 0.839. The molecule has 1 amide bonds. The molecule has 0 saturated carbocycles. The molecule has 3 heterocycles. The number of rotatable bonds is 3. The van der Waals surface area contributed by atoms with Crippen molar-refractivity contribution in [2.24, 2.45) is 5.92 Å². The Morgan fingerprint density at radius 3 is 2.81 bits per heavy atom. The van der Waals surface area contributed by atoms with Crippen molar-refractivity contribution in [2.45, 2.75) is 26.2 Å². The zero-order valence-electron chi connectivity index (χ0n) is 12.5. The minimum absolute atomic E-state index is 0.0681. The Kier molecular flexibility index (Phi) is 4.70. The van der Waals surface area contributed by atoms with Gasteiger partial charge >= 0.3 is 0 Å². The first-order valence-corrected chi connectivity index (χ1v) is 8.49. The van der Waals surface area contributed by atoms with Crippen molar-refractivity contribution in [2.75, 3.05) is 44.3 Å². The van der Waals surface area contributed by atoms with Crippen LogP contribution in [0.3, 0.4) is 0 Å². The predicted octanol–water partition coefficient (Wildman–Crippen LogP) is 1.18. The highest BCUT2D eigenvalue weighted by molar-refractivity contribution is 7.09. The molecule has 1 aromatic heterocycles. The number of hydrogen-bond donors (Lipinski definition) is 0. The SMILES string of the molecule is CCc1nsc(N2CCN(C(=O)[C@H]3CCCOC3)CC2)n1. The van der Waals surface area contributed by atoms with Crippen LogP contribution in [0.15, 0.2) is 0 Å². The number of ether oxygens (including phenoxy) is 1. The molecule has 2 fully saturated rings. The minimum atomic E-state index is 0.0681. The first-order valence-electron chi connectivity index (χ1n) is 7.72. The number of piperazine rings is 1. The van der Waals surface area contributed by atoms with Gasteiger partial charge in [-0.15, -0.1) is 0 Å². The summed E-state index contributed by atoms with van der Waals surface area (Å²) in [7, 11) is 0. The lowest BCUT2D eigenvalue weighted by Crippen LogP contribution is -2.51. The molecule has 0 aliphatic carbocycles. The summed E-state index contributed by atoms with van der Waals surface area (Å²) in [6.45, 7) is 6.69. The van der Waals surface area contributed by atoms with Crippen molar-refractivity contribution in [3.05, 3.63) is 5.82 Å². The second-order valence-corrected chi connectivity index (χ2v) is 6.30. The van der Waals surface area contributed by atoms with Crippen molar-refractivity contribution >= 4 is 22.6 Å². The van der Waals surface area contributed by atoms with Crippen LogP contribution in [0.2, 0.25) is 0 Å². The molecular weight excluding hydrogens is 288 g/mol. The van der Waals surface area contributed by atoms with E-state index in [9.17, 15) is 4.79 Å². The third-order valence-corrected chi connectivity index (χ3v) is 4.96. The van der Waals surface area contributed by atoms with Crippen molar-refractivity contribution in [3.63, 3.8) is 0 Å². The van der Waals surface area contributed by atoms with E-state index in [1.54, 1.807) is 0 Å². The second-order valence-electron chi connectivity index (χ2n) is 5.57. The Hall–Kier alpha value is -1.21. The van der Waals surface area contributed by atoms with E-state index in [0.717, 1.165) is 63.0 Å². The first kappa shape index (κ1) is 14.7. The van der Waals surface area contributed by atoms with Gasteiger partial charge in [0, 0.05) is 50.7 Å². The maximum Gasteiger partial charge on any atom is 0.228 e. The molecule has 116 valence electrons. The Morgan fingerprint density at radius 1 is 1.38 bits per heavy atom. The summed E-state index contributed by atoms with van der Waals surface area (Å²) in [6.07, 6.45) is 2.84. The third-order valence-electron chi connectivity index (χ3n) is 4.14. The predicted molar refractivity (Wildman–Crippen MR) is 81.6 cm³/mol. The summed E-state index contributed by atoms with van der Waals surface area (Å²) in [4.78, 5) is 21.2. The normalized spacial score (nSPS) is 23.4. The Labute approximate surface area is 129 Å². The van der Waals surface area contributed by atoms with Gasteiger partial charge in [-0.3, -0.25) is 4.79 Å². The number of hydrogen-bond acceptors (Lipinski definition) is 6. The molecule has 1 atom stereocenters. The highest BCUT2D eigenvalue weighted by Crippen LogP contribution is 2.21. The molecule has 21 heavy (non-hydrogen) atoms. The van der Waals surface area contributed by atoms with Crippen LogP contribution in [0.5, 0.6) is 0 Å². The maximum absolute atomic E-state index is 12.4. The van der Waals surface area contributed by atoms with Gasteiger partial charge in [-0.1, -0.05) is 6.92 Å². The Balaban J connectivity index is 1.53. The molecular formula is C14H22N4O2S. The zero-order valence-corrected chi connectivity index (χ0v) is 13.3. The van der Waals surface area contributed by atoms with Crippen LogP contribution in [0, 0.1) is 5.92 Å². The number of aryl methyl sites for hydroxylation is 1. The topological polar surface area (TPSA) is 58.6 Å². The van der Waals surface area contributed by atoms with Crippen molar-refractivity contribution < 1.29 is 9.53 Å². The molecule has 2 aliphatic heterocycles. The van der Waals surface area contributed by atoms with E-state index in [2.05, 4.69) is 21.2 Å². The van der Waals surface area contributed by atoms with Gasteiger partial charge in [-0.2, -0.15) is 4.37 Å². The highest BCUT2D eigenvalue weighted by atomic mass is 32.1. The smallest absolute Gasteiger partial charge is 0.228 e. The molecule has 1 aromatic rings. The van der Waals surface area contributed by atoms with Gasteiger partial charge in [-0.05, 0) is 12.8 Å². The summed E-state index contributed by atoms with van der Waals surface area (Å²) in [5.74, 6) is 1.24. The van der Waals surface area contributed by atoms with E-state index in [1.165, 1.54) is 11.5 Å². The Morgan fingerprint density at radius 2 is 2.19 bits per heavy atom. The summed E-state index contributed by atoms with van der Waals surface area (Å²) in [5, 5.41) is 0.986. The van der Waals surface area contributed by atoms with Crippen LogP contribution >= 0.6 is 11.5 Å². The largest absolute Gasteiger partial charge is 0.381 e. The van der Waals surface area contributed by atoms with Crippen molar-refractivity contribution in [3.8, 4) is 0 Å². The fraction of sp³-hybridized carbons (Fsp3) is 0.786. The van der Waals surface area contributed by atoms with Crippen LogP contribution in [-0.4, -0.2) is 59.6 Å². The Bertz CT molecular complexity index is 479. The van der Waals surface area contributed by atoms with Gasteiger partial charge in [0.05, 0.1) is 12.5 Å². The highest BCUT2D eigenvalue weighted by Gasteiger charge is 2.29. The molecule has 2 aliphatic rings. The van der Waals surface area contributed by atoms with Gasteiger partial charge in [0.2, 0.25) is 11.0 Å². The standard InChI is InChI=1S/C14H22N4O2S/c1-2-12-15-14(21-16-12)18-7-5-17(6-8-18)13(19)11-4-3-9-20-10-11/h11H,2-10H2,1H3/t11-/m0/s1.